The van der Waals surface area contributed by atoms with Crippen molar-refractivity contribution in [3.05, 3.63) is 29.0 Å². The molecule has 1 aromatic heterocycles. The van der Waals surface area contributed by atoms with Gasteiger partial charge in [0.05, 0.1) is 0 Å². The van der Waals surface area contributed by atoms with Crippen LogP contribution >= 0.6 is 11.6 Å². The number of hydrogen-bond acceptors (Lipinski definition) is 3. The van der Waals surface area contributed by atoms with E-state index in [2.05, 4.69) is 21.3 Å². The van der Waals surface area contributed by atoms with Crippen LogP contribution in [0.1, 0.15) is 30.9 Å². The molecular weight excluding hydrogens is 246 g/mol. The van der Waals surface area contributed by atoms with Gasteiger partial charge in [0.25, 0.3) is 0 Å². The Morgan fingerprint density at radius 2 is 2.11 bits per heavy atom. The van der Waals surface area contributed by atoms with Crippen molar-refractivity contribution in [2.24, 2.45) is 5.92 Å². The molecule has 2 fully saturated rings. The molecule has 1 N–H and O–H groups in total. The van der Waals surface area contributed by atoms with Crippen molar-refractivity contribution in [2.75, 3.05) is 26.2 Å². The fourth-order valence-electron chi connectivity index (χ4n) is 3.08. The maximum absolute atomic E-state index is 6.31. The lowest BCUT2D eigenvalue weighted by molar-refractivity contribution is 0.0835. The second kappa shape index (κ2) is 5.55. The second-order valence-corrected chi connectivity index (χ2v) is 5.66. The molecular formula is C14H20ClN3. The smallest absolute Gasteiger partial charge is 0.133 e. The third kappa shape index (κ3) is 2.40. The molecule has 3 nitrogen and oxygen atoms in total. The first-order valence-corrected chi connectivity index (χ1v) is 7.29. The van der Waals surface area contributed by atoms with Gasteiger partial charge < -0.3 is 5.32 Å². The number of piperazine rings is 1. The highest BCUT2D eigenvalue weighted by molar-refractivity contribution is 6.30. The normalized spacial score (nSPS) is 23.6. The monoisotopic (exact) mass is 265 g/mol. The number of halogens is 1. The molecule has 0 amide bonds. The summed E-state index contributed by atoms with van der Waals surface area (Å²) in [7, 11) is 0. The van der Waals surface area contributed by atoms with Gasteiger partial charge in [-0.2, -0.15) is 0 Å². The second-order valence-electron chi connectivity index (χ2n) is 5.31. The molecule has 1 aliphatic carbocycles. The predicted molar refractivity (Wildman–Crippen MR) is 73.8 cm³/mol. The van der Waals surface area contributed by atoms with Crippen molar-refractivity contribution in [2.45, 2.75) is 25.3 Å². The Morgan fingerprint density at radius 1 is 1.33 bits per heavy atom. The fourth-order valence-corrected chi connectivity index (χ4v) is 3.31. The number of aromatic nitrogens is 1. The van der Waals surface area contributed by atoms with Crippen LogP contribution in [0.3, 0.4) is 0 Å². The summed E-state index contributed by atoms with van der Waals surface area (Å²) in [5.41, 5.74) is 1.23. The average molecular weight is 266 g/mol. The molecule has 1 aromatic rings. The van der Waals surface area contributed by atoms with E-state index < -0.39 is 0 Å². The summed E-state index contributed by atoms with van der Waals surface area (Å²) in [5, 5.41) is 4.11. The number of rotatable bonds is 3. The molecule has 2 aliphatic rings. The minimum absolute atomic E-state index is 0.474. The zero-order chi connectivity index (χ0) is 12.4. The highest BCUT2D eigenvalue weighted by Gasteiger charge is 2.34. The molecule has 0 unspecified atom stereocenters. The summed E-state index contributed by atoms with van der Waals surface area (Å²) in [4.78, 5) is 6.85. The van der Waals surface area contributed by atoms with E-state index in [1.165, 1.54) is 24.8 Å². The van der Waals surface area contributed by atoms with Gasteiger partial charge in [0.15, 0.2) is 0 Å². The first kappa shape index (κ1) is 12.4. The van der Waals surface area contributed by atoms with E-state index in [0.29, 0.717) is 11.2 Å². The van der Waals surface area contributed by atoms with E-state index in [1.54, 1.807) is 6.20 Å². The molecule has 0 spiro atoms. The van der Waals surface area contributed by atoms with Crippen molar-refractivity contribution in [3.8, 4) is 0 Å². The van der Waals surface area contributed by atoms with Crippen LogP contribution in [0.5, 0.6) is 0 Å². The van der Waals surface area contributed by atoms with Gasteiger partial charge in [0.2, 0.25) is 0 Å². The number of hydrogen-bond donors (Lipinski definition) is 1. The number of nitrogens with one attached hydrogen (secondary N) is 1. The highest BCUT2D eigenvalue weighted by Crippen LogP contribution is 2.42. The third-order valence-electron chi connectivity index (χ3n) is 4.25. The van der Waals surface area contributed by atoms with Crippen molar-refractivity contribution >= 4 is 11.6 Å². The average Bonchev–Trinajstić information content (AvgIpc) is 2.36. The lowest BCUT2D eigenvalue weighted by atomic mass is 9.76. The van der Waals surface area contributed by atoms with Crippen molar-refractivity contribution in [3.63, 3.8) is 0 Å². The Balaban J connectivity index is 1.87. The molecule has 1 saturated carbocycles. The molecule has 3 rings (SSSR count). The van der Waals surface area contributed by atoms with E-state index in [0.717, 1.165) is 32.1 Å². The van der Waals surface area contributed by atoms with Gasteiger partial charge in [-0.05, 0) is 24.8 Å². The van der Waals surface area contributed by atoms with Crippen molar-refractivity contribution < 1.29 is 0 Å². The van der Waals surface area contributed by atoms with Gasteiger partial charge in [-0.3, -0.25) is 4.90 Å². The maximum Gasteiger partial charge on any atom is 0.133 e. The van der Waals surface area contributed by atoms with Crippen LogP contribution in [0.4, 0.5) is 0 Å². The van der Waals surface area contributed by atoms with Gasteiger partial charge >= 0.3 is 0 Å². The molecule has 0 bridgehead atoms. The summed E-state index contributed by atoms with van der Waals surface area (Å²) in [6, 6.07) is 4.64. The molecule has 1 atom stereocenters. The summed E-state index contributed by atoms with van der Waals surface area (Å²) < 4.78 is 0. The highest BCUT2D eigenvalue weighted by atomic mass is 35.5. The Morgan fingerprint density at radius 3 is 2.72 bits per heavy atom. The van der Waals surface area contributed by atoms with Crippen LogP contribution in [-0.4, -0.2) is 36.1 Å². The zero-order valence-electron chi connectivity index (χ0n) is 10.6. The lowest BCUT2D eigenvalue weighted by Crippen LogP contribution is -2.47. The van der Waals surface area contributed by atoms with Crippen LogP contribution in [0.25, 0.3) is 0 Å². The van der Waals surface area contributed by atoms with E-state index in [4.69, 9.17) is 11.6 Å². The van der Waals surface area contributed by atoms with Crippen molar-refractivity contribution in [1.82, 2.24) is 15.2 Å². The first-order chi connectivity index (χ1) is 8.86. The van der Waals surface area contributed by atoms with Gasteiger partial charge in [-0.15, -0.1) is 0 Å². The summed E-state index contributed by atoms with van der Waals surface area (Å²) in [5.74, 6) is 0.768. The lowest BCUT2D eigenvalue weighted by Gasteiger charge is -2.43. The minimum atomic E-state index is 0.474. The topological polar surface area (TPSA) is 28.2 Å². The van der Waals surface area contributed by atoms with Crippen LogP contribution in [0, 0.1) is 5.92 Å². The molecule has 1 aliphatic heterocycles. The number of pyridine rings is 1. The summed E-state index contributed by atoms with van der Waals surface area (Å²) >= 11 is 6.31. The van der Waals surface area contributed by atoms with Gasteiger partial charge in [-0.1, -0.05) is 24.1 Å². The zero-order valence-corrected chi connectivity index (χ0v) is 11.4. The molecule has 0 aromatic carbocycles. The third-order valence-corrected chi connectivity index (χ3v) is 4.56. The fraction of sp³-hybridized carbons (Fsp3) is 0.643. The van der Waals surface area contributed by atoms with E-state index >= 15 is 0 Å². The van der Waals surface area contributed by atoms with Crippen LogP contribution in [0.2, 0.25) is 5.15 Å². The Bertz CT molecular complexity index is 400. The number of nitrogens with zero attached hydrogens (tertiary/aromatic N) is 2. The van der Waals surface area contributed by atoms with E-state index in [1.807, 2.05) is 6.07 Å². The molecule has 1 saturated heterocycles. The van der Waals surface area contributed by atoms with Gasteiger partial charge in [0, 0.05) is 44.0 Å². The van der Waals surface area contributed by atoms with Gasteiger partial charge in [-0.25, -0.2) is 4.98 Å². The summed E-state index contributed by atoms with van der Waals surface area (Å²) in [6.45, 7) is 4.40. The Labute approximate surface area is 114 Å². The predicted octanol–water partition coefficient (Wildman–Crippen LogP) is 2.48. The van der Waals surface area contributed by atoms with Gasteiger partial charge in [0.1, 0.15) is 5.15 Å². The quantitative estimate of drug-likeness (QED) is 0.851. The van der Waals surface area contributed by atoms with Crippen LogP contribution in [0.15, 0.2) is 18.3 Å². The molecule has 0 radical (unpaired) electrons. The minimum Gasteiger partial charge on any atom is -0.314 e. The molecule has 4 heteroatoms. The summed E-state index contributed by atoms with van der Waals surface area (Å²) in [6.07, 6.45) is 5.81. The van der Waals surface area contributed by atoms with E-state index in [-0.39, 0.29) is 0 Å². The maximum atomic E-state index is 6.31. The Kier molecular flexibility index (Phi) is 3.83. The largest absolute Gasteiger partial charge is 0.314 e. The molecule has 18 heavy (non-hydrogen) atoms. The standard InChI is InChI=1S/C14H20ClN3/c15-14-12(5-2-6-17-14)13(11-3-1-4-11)18-9-7-16-8-10-18/h2,5-6,11,13,16H,1,3-4,7-10H2/t13-/m1/s1. The van der Waals surface area contributed by atoms with Crippen LogP contribution in [-0.2, 0) is 0 Å². The Hall–Kier alpha value is -0.640. The molecule has 2 heterocycles. The van der Waals surface area contributed by atoms with Crippen LogP contribution < -0.4 is 5.32 Å². The molecule has 98 valence electrons. The van der Waals surface area contributed by atoms with E-state index in [9.17, 15) is 0 Å². The SMILES string of the molecule is Clc1ncccc1[C@@H](C1CCC1)N1CCNCC1. The first-order valence-electron chi connectivity index (χ1n) is 6.91. The van der Waals surface area contributed by atoms with Crippen molar-refractivity contribution in [1.29, 1.82) is 0 Å².